The Balaban J connectivity index is 1.21. The number of aromatic hydroxyl groups is 1. The molecule has 16 heteroatoms. The van der Waals surface area contributed by atoms with Gasteiger partial charge in [0.1, 0.15) is 30.0 Å². The third-order valence-corrected chi connectivity index (χ3v) is 10.8. The van der Waals surface area contributed by atoms with Crippen LogP contribution in [0.4, 0.5) is 0 Å². The van der Waals surface area contributed by atoms with Gasteiger partial charge in [-0.1, -0.05) is 6.07 Å². The molecule has 48 heavy (non-hydrogen) atoms. The van der Waals surface area contributed by atoms with Crippen LogP contribution in [0.5, 0.6) is 28.7 Å². The quantitative estimate of drug-likeness (QED) is 0.228. The molecule has 0 bridgehead atoms. The van der Waals surface area contributed by atoms with E-state index in [-0.39, 0.29) is 42.8 Å². The molecule has 0 radical (unpaired) electrons. The van der Waals surface area contributed by atoms with Gasteiger partial charge in [-0.2, -0.15) is 0 Å². The molecule has 3 fully saturated rings. The molecule has 2 aromatic carbocycles. The predicted octanol–water partition coefficient (Wildman–Crippen LogP) is 0.905. The predicted molar refractivity (Wildman–Crippen MR) is 162 cm³/mol. The Morgan fingerprint density at radius 2 is 1.69 bits per heavy atom. The van der Waals surface area contributed by atoms with Crippen LogP contribution in [0.1, 0.15) is 34.0 Å². The zero-order chi connectivity index (χ0) is 33.5. The fourth-order valence-electron chi connectivity index (χ4n) is 7.41. The molecule has 256 valence electrons. The lowest BCUT2D eigenvalue weighted by molar-refractivity contribution is -0.369. The lowest BCUT2D eigenvalue weighted by Crippen LogP contribution is -2.73. The number of hydrogen-bond donors (Lipinski definition) is 5. The zero-order valence-corrected chi connectivity index (χ0v) is 26.6. The molecule has 8 rings (SSSR count). The molecule has 0 spiro atoms. The van der Waals surface area contributed by atoms with Gasteiger partial charge in [0, 0.05) is 0 Å². The van der Waals surface area contributed by atoms with Gasteiger partial charge >= 0.3 is 5.97 Å². The van der Waals surface area contributed by atoms with Crippen molar-refractivity contribution >= 4 is 17.3 Å². The largest absolute Gasteiger partial charge is 0.502 e. The average Bonchev–Trinajstić information content (AvgIpc) is 3.86. The number of aliphatic hydroxyl groups excluding tert-OH is 2. The van der Waals surface area contributed by atoms with E-state index in [1.165, 1.54) is 37.7 Å². The lowest BCUT2D eigenvalue weighted by atomic mass is 9.57. The van der Waals surface area contributed by atoms with Crippen molar-refractivity contribution < 1.29 is 62.7 Å². The van der Waals surface area contributed by atoms with Crippen molar-refractivity contribution in [3.63, 3.8) is 0 Å². The van der Waals surface area contributed by atoms with Crippen molar-refractivity contribution in [2.75, 3.05) is 34.2 Å². The number of cyclic esters (lactones) is 1. The number of phenols is 1. The summed E-state index contributed by atoms with van der Waals surface area (Å²) in [4.78, 5) is 14.6. The van der Waals surface area contributed by atoms with Crippen LogP contribution >= 0.6 is 11.3 Å². The lowest BCUT2D eigenvalue weighted by Gasteiger charge is -2.53. The Hall–Kier alpha value is -3.71. The van der Waals surface area contributed by atoms with Gasteiger partial charge < -0.3 is 69.4 Å². The highest BCUT2D eigenvalue weighted by atomic mass is 32.1. The SMILES string of the molecule is COc1cc(C2(N)c3cc4c(cc3C(OC3OC5COC(c6cccs6)OC5C(O)C3O)C3COC(=O)C32N)OCO4)cc(OC)c1O. The molecule has 1 aromatic heterocycles. The third kappa shape index (κ3) is 4.38. The topological polar surface area (TPSA) is 213 Å². The van der Waals surface area contributed by atoms with Crippen LogP contribution in [0.25, 0.3) is 0 Å². The summed E-state index contributed by atoms with van der Waals surface area (Å²) in [6.45, 7) is -0.210. The van der Waals surface area contributed by atoms with E-state index in [0.29, 0.717) is 22.6 Å². The normalized spacial score (nSPS) is 36.5. The Morgan fingerprint density at radius 3 is 2.38 bits per heavy atom. The summed E-state index contributed by atoms with van der Waals surface area (Å²) in [6, 6.07) is 9.95. The van der Waals surface area contributed by atoms with Crippen LogP contribution < -0.4 is 30.4 Å². The van der Waals surface area contributed by atoms with Gasteiger partial charge in [-0.15, -0.1) is 11.3 Å². The minimum Gasteiger partial charge on any atom is -0.502 e. The molecule has 15 nitrogen and oxygen atoms in total. The summed E-state index contributed by atoms with van der Waals surface area (Å²) < 4.78 is 52.4. The highest BCUT2D eigenvalue weighted by Crippen LogP contribution is 2.59. The maximum Gasteiger partial charge on any atom is 0.329 e. The van der Waals surface area contributed by atoms with Crippen LogP contribution in [0.3, 0.4) is 0 Å². The molecule has 5 aliphatic rings. The molecular weight excluding hydrogens is 652 g/mol. The first kappa shape index (κ1) is 31.6. The van der Waals surface area contributed by atoms with E-state index < -0.39 is 66.1 Å². The molecule has 1 aliphatic carbocycles. The highest BCUT2D eigenvalue weighted by Gasteiger charge is 2.69. The summed E-state index contributed by atoms with van der Waals surface area (Å²) in [5.41, 5.74) is 11.7. The van der Waals surface area contributed by atoms with Gasteiger partial charge in [0.25, 0.3) is 0 Å². The number of fused-ring (bicyclic) bond motifs is 4. The first-order valence-corrected chi connectivity index (χ1v) is 16.1. The smallest absolute Gasteiger partial charge is 0.329 e. The molecule has 10 atom stereocenters. The van der Waals surface area contributed by atoms with Crippen molar-refractivity contribution in [1.29, 1.82) is 0 Å². The number of thiophene rings is 1. The van der Waals surface area contributed by atoms with Gasteiger partial charge in [0.05, 0.1) is 49.9 Å². The van der Waals surface area contributed by atoms with Crippen molar-refractivity contribution in [2.45, 2.75) is 54.2 Å². The van der Waals surface area contributed by atoms with Crippen molar-refractivity contribution in [2.24, 2.45) is 17.4 Å². The number of hydrogen-bond acceptors (Lipinski definition) is 16. The second-order valence-electron chi connectivity index (χ2n) is 12.3. The van der Waals surface area contributed by atoms with E-state index in [1.807, 2.05) is 17.5 Å². The van der Waals surface area contributed by atoms with Crippen LogP contribution in [0.2, 0.25) is 0 Å². The molecular formula is C32H34N2O13S. The van der Waals surface area contributed by atoms with Crippen LogP contribution in [-0.4, -0.2) is 91.8 Å². The summed E-state index contributed by atoms with van der Waals surface area (Å²) in [7, 11) is 2.73. The first-order valence-electron chi connectivity index (χ1n) is 15.2. The van der Waals surface area contributed by atoms with Crippen LogP contribution in [0.15, 0.2) is 41.8 Å². The van der Waals surface area contributed by atoms with Gasteiger partial charge in [-0.05, 0) is 52.4 Å². The minimum absolute atomic E-state index is 0.0295. The Labute approximate surface area is 277 Å². The van der Waals surface area contributed by atoms with Gasteiger partial charge in [0.15, 0.2) is 35.6 Å². The number of esters is 1. The molecule has 10 unspecified atom stereocenters. The minimum atomic E-state index is -1.99. The van der Waals surface area contributed by atoms with E-state index in [4.69, 9.17) is 54.1 Å². The number of nitrogens with two attached hydrogens (primary N) is 2. The van der Waals surface area contributed by atoms with Crippen LogP contribution in [-0.2, 0) is 34.0 Å². The Bertz CT molecular complexity index is 1710. The summed E-state index contributed by atoms with van der Waals surface area (Å²) in [5, 5.41) is 35.2. The fourth-order valence-corrected chi connectivity index (χ4v) is 8.11. The average molecular weight is 687 g/mol. The van der Waals surface area contributed by atoms with E-state index in [9.17, 15) is 20.1 Å². The molecule has 0 saturated carbocycles. The van der Waals surface area contributed by atoms with Gasteiger partial charge in [-0.3, -0.25) is 0 Å². The number of carbonyl (C=O) groups excluding carboxylic acids is 1. The fraction of sp³-hybridized carbons (Fsp3) is 0.469. The first-order chi connectivity index (χ1) is 23.1. The second-order valence-corrected chi connectivity index (χ2v) is 13.2. The number of benzene rings is 2. The monoisotopic (exact) mass is 686 g/mol. The molecule has 7 N–H and O–H groups in total. The zero-order valence-electron chi connectivity index (χ0n) is 25.8. The number of phenolic OH excluding ortho intramolecular Hbond substituents is 1. The van der Waals surface area contributed by atoms with Crippen molar-refractivity contribution in [1.82, 2.24) is 0 Å². The molecule has 4 aliphatic heterocycles. The number of carbonyl (C=O) groups is 1. The van der Waals surface area contributed by atoms with Gasteiger partial charge in [-0.25, -0.2) is 4.79 Å². The van der Waals surface area contributed by atoms with E-state index >= 15 is 0 Å². The van der Waals surface area contributed by atoms with E-state index in [1.54, 1.807) is 12.1 Å². The number of methoxy groups -OCH3 is 2. The molecule has 3 saturated heterocycles. The maximum atomic E-state index is 13.8. The van der Waals surface area contributed by atoms with E-state index in [0.717, 1.165) is 4.88 Å². The second kappa shape index (κ2) is 11.4. The molecule has 3 aromatic rings. The maximum absolute atomic E-state index is 13.8. The number of rotatable bonds is 6. The van der Waals surface area contributed by atoms with Crippen molar-refractivity contribution in [3.8, 4) is 28.7 Å². The van der Waals surface area contributed by atoms with Crippen LogP contribution in [0, 0.1) is 5.92 Å². The third-order valence-electron chi connectivity index (χ3n) is 9.94. The summed E-state index contributed by atoms with van der Waals surface area (Å²) in [6.07, 6.45) is -7.88. The van der Waals surface area contributed by atoms with E-state index in [2.05, 4.69) is 0 Å². The number of aliphatic hydroxyl groups is 2. The standard InChI is InChI=1S/C32H34N2O13S/c1-39-19-6-13(7-20(40-2)23(19)35)31(33)15-9-18-17(43-12-44-18)8-14(15)26(16-10-42-30(38)32(16,31)34)46-29-25(37)24(36)27-21(45-29)11-41-28(47-27)22-4-3-5-48-22/h3-9,16,21,24-29,35-37H,10-12,33-34H2,1-2H3. The molecule has 0 amide bonds. The van der Waals surface area contributed by atoms with Crippen molar-refractivity contribution in [3.05, 3.63) is 63.3 Å². The highest BCUT2D eigenvalue weighted by molar-refractivity contribution is 7.10. The van der Waals surface area contributed by atoms with Gasteiger partial charge in [0.2, 0.25) is 12.5 Å². The summed E-state index contributed by atoms with van der Waals surface area (Å²) in [5.74, 6) is -1.25. The Kier molecular flexibility index (Phi) is 7.52. The number of ether oxygens (including phenoxy) is 9. The summed E-state index contributed by atoms with van der Waals surface area (Å²) >= 11 is 1.44. The Morgan fingerprint density at radius 1 is 0.958 bits per heavy atom. The molecule has 5 heterocycles.